The molecule has 0 radical (unpaired) electrons. The molecule has 0 fully saturated rings. The van der Waals surface area contributed by atoms with Crippen molar-refractivity contribution in [1.82, 2.24) is 0 Å². The quantitative estimate of drug-likeness (QED) is 0.653. The number of carbonyl (C=O) groups excluding carboxylic acids is 3. The molecule has 0 aliphatic carbocycles. The number of nitrogens with zero attached hydrogens (tertiary/aromatic N) is 1. The van der Waals surface area contributed by atoms with Gasteiger partial charge in [0.25, 0.3) is 5.24 Å². The van der Waals surface area contributed by atoms with Crippen molar-refractivity contribution in [2.75, 3.05) is 18.1 Å². The summed E-state index contributed by atoms with van der Waals surface area (Å²) in [5.74, 6) is 0.546. The predicted molar refractivity (Wildman–Crippen MR) is 96.7 cm³/mol. The molecule has 1 heterocycles. The van der Waals surface area contributed by atoms with E-state index in [1.165, 1.54) is 11.0 Å². The van der Waals surface area contributed by atoms with Gasteiger partial charge >= 0.3 is 6.09 Å². The van der Waals surface area contributed by atoms with Gasteiger partial charge in [-0.25, -0.2) is 4.79 Å². The van der Waals surface area contributed by atoms with Crippen molar-refractivity contribution in [2.24, 2.45) is 5.73 Å². The summed E-state index contributed by atoms with van der Waals surface area (Å²) in [5, 5.41) is -0.671. The average Bonchev–Trinajstić information content (AvgIpc) is 2.51. The van der Waals surface area contributed by atoms with Gasteiger partial charge in [0.15, 0.2) is 6.29 Å². The van der Waals surface area contributed by atoms with E-state index in [4.69, 9.17) is 15.2 Å². The van der Waals surface area contributed by atoms with E-state index in [0.717, 1.165) is 0 Å². The minimum Gasteiger partial charge on any atom is -0.490 e. The van der Waals surface area contributed by atoms with Crippen LogP contribution in [0.4, 0.5) is 15.3 Å². The van der Waals surface area contributed by atoms with Crippen molar-refractivity contribution in [3.63, 3.8) is 0 Å². The lowest BCUT2D eigenvalue weighted by Crippen LogP contribution is -2.41. The molecule has 1 aliphatic rings. The number of rotatable bonds is 3. The zero-order valence-corrected chi connectivity index (χ0v) is 15.1. The first-order chi connectivity index (χ1) is 11.7. The molecular formula is C17H20N2O5S. The zero-order valence-electron chi connectivity index (χ0n) is 14.3. The van der Waals surface area contributed by atoms with Crippen molar-refractivity contribution in [2.45, 2.75) is 26.4 Å². The first-order valence-electron chi connectivity index (χ1n) is 7.61. The maximum atomic E-state index is 12.4. The van der Waals surface area contributed by atoms with Crippen molar-refractivity contribution in [3.05, 3.63) is 28.7 Å². The van der Waals surface area contributed by atoms with Gasteiger partial charge in [0.1, 0.15) is 18.0 Å². The Labute approximate surface area is 150 Å². The van der Waals surface area contributed by atoms with Crippen LogP contribution in [0.1, 0.15) is 26.3 Å². The molecule has 25 heavy (non-hydrogen) atoms. The number of nitrogens with two attached hydrogens (primary N) is 1. The van der Waals surface area contributed by atoms with Crippen LogP contribution in [-0.4, -0.2) is 36.4 Å². The molecule has 2 rings (SSSR count). The van der Waals surface area contributed by atoms with Gasteiger partial charge in [-0.15, -0.1) is 0 Å². The van der Waals surface area contributed by atoms with Crippen molar-refractivity contribution in [3.8, 4) is 5.75 Å². The van der Waals surface area contributed by atoms with Gasteiger partial charge in [0.2, 0.25) is 0 Å². The summed E-state index contributed by atoms with van der Waals surface area (Å²) in [7, 11) is 0. The molecule has 0 spiro atoms. The number of hydrogen-bond acceptors (Lipinski definition) is 6. The number of ether oxygens (including phenoxy) is 2. The molecule has 0 saturated carbocycles. The third-order valence-corrected chi connectivity index (χ3v) is 3.75. The lowest BCUT2D eigenvalue weighted by atomic mass is 10.1. The monoisotopic (exact) mass is 364 g/mol. The van der Waals surface area contributed by atoms with E-state index in [9.17, 15) is 14.4 Å². The van der Waals surface area contributed by atoms with Crippen molar-refractivity contribution in [1.29, 1.82) is 0 Å². The van der Waals surface area contributed by atoms with Gasteiger partial charge in [-0.1, -0.05) is 6.07 Å². The normalized spacial score (nSPS) is 14.4. The molecule has 8 heteroatoms. The lowest BCUT2D eigenvalue weighted by Gasteiger charge is -2.31. The first kappa shape index (κ1) is 18.9. The lowest BCUT2D eigenvalue weighted by molar-refractivity contribution is -0.104. The van der Waals surface area contributed by atoms with Crippen LogP contribution in [0.15, 0.2) is 23.1 Å². The van der Waals surface area contributed by atoms with E-state index in [1.54, 1.807) is 39.0 Å². The van der Waals surface area contributed by atoms with Crippen LogP contribution in [0.25, 0.3) is 6.08 Å². The van der Waals surface area contributed by atoms with E-state index in [2.05, 4.69) is 0 Å². The molecule has 7 nitrogen and oxygen atoms in total. The van der Waals surface area contributed by atoms with E-state index in [0.29, 0.717) is 48.2 Å². The van der Waals surface area contributed by atoms with Crippen LogP contribution in [-0.2, 0) is 9.53 Å². The van der Waals surface area contributed by atoms with Crippen LogP contribution in [0.2, 0.25) is 0 Å². The topological polar surface area (TPSA) is 98.9 Å². The minimum atomic E-state index is -0.671. The molecule has 0 aromatic heterocycles. The summed E-state index contributed by atoms with van der Waals surface area (Å²) in [5.41, 5.74) is 5.65. The van der Waals surface area contributed by atoms with Gasteiger partial charge in [-0.3, -0.25) is 14.5 Å². The van der Waals surface area contributed by atoms with Crippen molar-refractivity contribution < 1.29 is 23.9 Å². The number of fused-ring (bicyclic) bond motifs is 1. The average molecular weight is 364 g/mol. The molecule has 2 N–H and O–H groups in total. The number of benzene rings is 1. The van der Waals surface area contributed by atoms with Gasteiger partial charge < -0.3 is 15.2 Å². The summed E-state index contributed by atoms with van der Waals surface area (Å²) in [4.78, 5) is 36.1. The number of anilines is 1. The third-order valence-electron chi connectivity index (χ3n) is 3.10. The second-order valence-corrected chi connectivity index (χ2v) is 7.37. The summed E-state index contributed by atoms with van der Waals surface area (Å²) in [6.07, 6.45) is 1.60. The Balaban J connectivity index is 2.33. The Hall–Kier alpha value is -2.48. The van der Waals surface area contributed by atoms with Crippen LogP contribution >= 0.6 is 11.8 Å². The number of allylic oxidation sites excluding steroid dienone is 1. The van der Waals surface area contributed by atoms with Gasteiger partial charge in [-0.2, -0.15) is 0 Å². The molecule has 1 aliphatic heterocycles. The molecule has 0 unspecified atom stereocenters. The summed E-state index contributed by atoms with van der Waals surface area (Å²) >= 11 is 0.642. The molecule has 0 atom stereocenters. The summed E-state index contributed by atoms with van der Waals surface area (Å²) in [6.45, 7) is 6.10. The smallest absolute Gasteiger partial charge is 0.415 e. The maximum absolute atomic E-state index is 12.4. The third kappa shape index (κ3) is 5.25. The van der Waals surface area contributed by atoms with E-state index in [1.807, 2.05) is 0 Å². The zero-order chi connectivity index (χ0) is 18.6. The molecular weight excluding hydrogens is 344 g/mol. The fourth-order valence-corrected chi connectivity index (χ4v) is 2.67. The summed E-state index contributed by atoms with van der Waals surface area (Å²) < 4.78 is 11.0. The number of amides is 2. The minimum absolute atomic E-state index is 0.174. The van der Waals surface area contributed by atoms with E-state index < -0.39 is 16.9 Å². The van der Waals surface area contributed by atoms with Crippen molar-refractivity contribution >= 4 is 41.1 Å². The standard InChI is InChI=1S/C17H20N2O5S/c1-17(2,3)24-16(22)19-6-7-23-14-5-4-11(9-13(14)19)8-12(10-20)25-15(18)21/h4-5,8-10H,6-7H2,1-3H3,(H2,18,21)/b12-8-. The molecule has 0 bridgehead atoms. The first-order valence-corrected chi connectivity index (χ1v) is 8.43. The fraction of sp³-hybridized carbons (Fsp3) is 0.353. The number of aldehydes is 1. The molecule has 0 saturated heterocycles. The Bertz CT molecular complexity index is 724. The molecule has 134 valence electrons. The van der Waals surface area contributed by atoms with Crippen LogP contribution in [0.5, 0.6) is 5.75 Å². The van der Waals surface area contributed by atoms with Crippen LogP contribution in [0.3, 0.4) is 0 Å². The highest BCUT2D eigenvalue weighted by Gasteiger charge is 2.28. The number of thioether (sulfide) groups is 1. The molecule has 2 amide bonds. The highest BCUT2D eigenvalue weighted by atomic mass is 32.2. The fourth-order valence-electron chi connectivity index (χ4n) is 2.20. The number of primary amides is 1. The van der Waals surface area contributed by atoms with E-state index in [-0.39, 0.29) is 4.91 Å². The Morgan fingerprint density at radius 3 is 2.68 bits per heavy atom. The maximum Gasteiger partial charge on any atom is 0.415 e. The largest absolute Gasteiger partial charge is 0.490 e. The second kappa shape index (κ2) is 7.60. The Morgan fingerprint density at radius 1 is 1.36 bits per heavy atom. The molecule has 1 aromatic carbocycles. The highest BCUT2D eigenvalue weighted by Crippen LogP contribution is 2.34. The highest BCUT2D eigenvalue weighted by molar-refractivity contribution is 8.17. The Morgan fingerprint density at radius 2 is 2.08 bits per heavy atom. The van der Waals surface area contributed by atoms with Gasteiger partial charge in [-0.05, 0) is 56.3 Å². The number of carbonyl (C=O) groups is 3. The van der Waals surface area contributed by atoms with Gasteiger partial charge in [0.05, 0.1) is 17.1 Å². The van der Waals surface area contributed by atoms with E-state index >= 15 is 0 Å². The Kier molecular flexibility index (Phi) is 5.73. The summed E-state index contributed by atoms with van der Waals surface area (Å²) in [6, 6.07) is 5.13. The van der Waals surface area contributed by atoms with Crippen LogP contribution < -0.4 is 15.4 Å². The SMILES string of the molecule is CC(C)(C)OC(=O)N1CCOc2ccc(/C=C(/C=O)SC(N)=O)cc21. The van der Waals surface area contributed by atoms with Gasteiger partial charge in [0, 0.05) is 0 Å². The number of hydrogen-bond donors (Lipinski definition) is 1. The van der Waals surface area contributed by atoms with Crippen LogP contribution in [0, 0.1) is 0 Å². The second-order valence-electron chi connectivity index (χ2n) is 6.29. The predicted octanol–water partition coefficient (Wildman–Crippen LogP) is 3.17. The molecule has 1 aromatic rings.